The zero-order valence-corrected chi connectivity index (χ0v) is 17.6. The van der Waals surface area contributed by atoms with E-state index in [2.05, 4.69) is 0 Å². The molecule has 0 saturated carbocycles. The average Bonchev–Trinajstić information content (AvgIpc) is 3.18. The number of nitrogens with zero attached hydrogens (tertiary/aromatic N) is 3. The summed E-state index contributed by atoms with van der Waals surface area (Å²) in [6, 6.07) is 4.50. The monoisotopic (exact) mass is 425 g/mol. The summed E-state index contributed by atoms with van der Waals surface area (Å²) in [6.07, 6.45) is 1.85. The number of amides is 2. The molecular weight excluding hydrogens is 398 g/mol. The van der Waals surface area contributed by atoms with Crippen molar-refractivity contribution in [2.75, 3.05) is 53.5 Å². The zero-order valence-electron chi connectivity index (χ0n) is 16.8. The number of carbonyl (C=O) groups is 2. The fourth-order valence-corrected chi connectivity index (χ4v) is 5.39. The van der Waals surface area contributed by atoms with Crippen LogP contribution >= 0.6 is 0 Å². The number of carbonyl (C=O) groups excluding carboxylic acids is 2. The number of methoxy groups -OCH3 is 2. The van der Waals surface area contributed by atoms with E-state index < -0.39 is 16.1 Å². The van der Waals surface area contributed by atoms with Gasteiger partial charge < -0.3 is 19.3 Å². The number of hydrogen-bond donors (Lipinski definition) is 0. The molecule has 160 valence electrons. The molecule has 0 aliphatic carbocycles. The fourth-order valence-electron chi connectivity index (χ4n) is 3.69. The third kappa shape index (κ3) is 4.48. The summed E-state index contributed by atoms with van der Waals surface area (Å²) in [4.78, 5) is 28.0. The van der Waals surface area contributed by atoms with E-state index in [4.69, 9.17) is 9.47 Å². The van der Waals surface area contributed by atoms with Gasteiger partial charge in [0.2, 0.25) is 10.0 Å². The standard InChI is InChI=1S/C19H27N3O6S/c1-27-16-7-6-15(14-17(16)29(25,26)22-10-3-4-11-22)18(23)20-8-5-9-21(13-12-20)19(24)28-2/h6-7,14H,3-5,8-13H2,1-2H3. The molecule has 10 heteroatoms. The van der Waals surface area contributed by atoms with E-state index in [0.29, 0.717) is 45.7 Å². The SMILES string of the molecule is COC(=O)N1CCCN(C(=O)c2ccc(OC)c(S(=O)(=O)N3CCCC3)c2)CC1. The molecule has 1 aromatic carbocycles. The van der Waals surface area contributed by atoms with Gasteiger partial charge in [-0.1, -0.05) is 0 Å². The highest BCUT2D eigenvalue weighted by atomic mass is 32.2. The largest absolute Gasteiger partial charge is 0.495 e. The van der Waals surface area contributed by atoms with E-state index in [9.17, 15) is 18.0 Å². The quantitative estimate of drug-likeness (QED) is 0.723. The lowest BCUT2D eigenvalue weighted by molar-refractivity contribution is 0.0757. The van der Waals surface area contributed by atoms with Gasteiger partial charge in [-0.05, 0) is 37.5 Å². The zero-order chi connectivity index (χ0) is 21.0. The van der Waals surface area contributed by atoms with Crippen LogP contribution in [-0.4, -0.2) is 88.0 Å². The molecule has 0 radical (unpaired) electrons. The minimum Gasteiger partial charge on any atom is -0.495 e. The first-order valence-electron chi connectivity index (χ1n) is 9.69. The van der Waals surface area contributed by atoms with E-state index in [1.54, 1.807) is 15.9 Å². The van der Waals surface area contributed by atoms with Crippen LogP contribution in [0.4, 0.5) is 4.79 Å². The van der Waals surface area contributed by atoms with Crippen LogP contribution in [0.25, 0.3) is 0 Å². The molecule has 0 unspecified atom stereocenters. The molecule has 2 aliphatic rings. The third-order valence-electron chi connectivity index (χ3n) is 5.31. The van der Waals surface area contributed by atoms with Crippen molar-refractivity contribution in [3.05, 3.63) is 23.8 Å². The second-order valence-corrected chi connectivity index (χ2v) is 8.99. The maximum absolute atomic E-state index is 13.0. The highest BCUT2D eigenvalue weighted by Gasteiger charge is 2.31. The summed E-state index contributed by atoms with van der Waals surface area (Å²) < 4.78 is 37.5. The molecule has 9 nitrogen and oxygen atoms in total. The lowest BCUT2D eigenvalue weighted by Crippen LogP contribution is -2.37. The number of ether oxygens (including phenoxy) is 2. The molecule has 0 aromatic heterocycles. The summed E-state index contributed by atoms with van der Waals surface area (Å²) in [5, 5.41) is 0. The van der Waals surface area contributed by atoms with Crippen molar-refractivity contribution < 1.29 is 27.5 Å². The Morgan fingerprint density at radius 1 is 0.897 bits per heavy atom. The van der Waals surface area contributed by atoms with Gasteiger partial charge in [-0.15, -0.1) is 0 Å². The second-order valence-electron chi connectivity index (χ2n) is 7.08. The van der Waals surface area contributed by atoms with E-state index in [0.717, 1.165) is 12.8 Å². The molecule has 2 saturated heterocycles. The summed E-state index contributed by atoms with van der Waals surface area (Å²) in [7, 11) is -0.989. The minimum absolute atomic E-state index is 0.0127. The Hall–Kier alpha value is -2.33. The van der Waals surface area contributed by atoms with Crippen LogP contribution < -0.4 is 4.74 Å². The topological polar surface area (TPSA) is 96.5 Å². The Kier molecular flexibility index (Phi) is 6.63. The molecule has 3 rings (SSSR count). The van der Waals surface area contributed by atoms with Gasteiger partial charge in [0, 0.05) is 44.8 Å². The van der Waals surface area contributed by atoms with Crippen LogP contribution in [-0.2, 0) is 14.8 Å². The van der Waals surface area contributed by atoms with Gasteiger partial charge in [0.25, 0.3) is 5.91 Å². The van der Waals surface area contributed by atoms with Gasteiger partial charge in [-0.25, -0.2) is 13.2 Å². The first-order valence-corrected chi connectivity index (χ1v) is 11.1. The van der Waals surface area contributed by atoms with Crippen LogP contribution in [0.2, 0.25) is 0 Å². The van der Waals surface area contributed by atoms with Crippen LogP contribution in [0, 0.1) is 0 Å². The predicted octanol–water partition coefficient (Wildman–Crippen LogP) is 1.39. The smallest absolute Gasteiger partial charge is 0.409 e. The highest BCUT2D eigenvalue weighted by Crippen LogP contribution is 2.30. The van der Waals surface area contributed by atoms with Crippen LogP contribution in [0.1, 0.15) is 29.6 Å². The highest BCUT2D eigenvalue weighted by molar-refractivity contribution is 7.89. The van der Waals surface area contributed by atoms with Crippen molar-refractivity contribution in [3.63, 3.8) is 0 Å². The summed E-state index contributed by atoms with van der Waals surface area (Å²) in [5.74, 6) is -0.0431. The molecule has 1 aromatic rings. The van der Waals surface area contributed by atoms with Gasteiger partial charge in [-0.3, -0.25) is 4.79 Å². The number of sulfonamides is 1. The van der Waals surface area contributed by atoms with Gasteiger partial charge in [0.1, 0.15) is 10.6 Å². The molecular formula is C19H27N3O6S. The molecule has 0 N–H and O–H groups in total. The summed E-state index contributed by atoms with van der Waals surface area (Å²) >= 11 is 0. The van der Waals surface area contributed by atoms with E-state index in [1.807, 2.05) is 0 Å². The Morgan fingerprint density at radius 3 is 2.21 bits per heavy atom. The second kappa shape index (κ2) is 9.00. The van der Waals surface area contributed by atoms with Crippen molar-refractivity contribution in [1.29, 1.82) is 0 Å². The summed E-state index contributed by atoms with van der Waals surface area (Å²) in [5.41, 5.74) is 0.287. The van der Waals surface area contributed by atoms with Crippen LogP contribution in [0.5, 0.6) is 5.75 Å². The van der Waals surface area contributed by atoms with E-state index >= 15 is 0 Å². The van der Waals surface area contributed by atoms with E-state index in [-0.39, 0.29) is 22.1 Å². The third-order valence-corrected chi connectivity index (χ3v) is 7.23. The van der Waals surface area contributed by atoms with Crippen molar-refractivity contribution >= 4 is 22.0 Å². The van der Waals surface area contributed by atoms with Crippen molar-refractivity contribution in [2.45, 2.75) is 24.2 Å². The molecule has 2 heterocycles. The maximum atomic E-state index is 13.0. The lowest BCUT2D eigenvalue weighted by atomic mass is 10.2. The van der Waals surface area contributed by atoms with Gasteiger partial charge in [0.15, 0.2) is 0 Å². The van der Waals surface area contributed by atoms with Gasteiger partial charge in [-0.2, -0.15) is 4.31 Å². The summed E-state index contributed by atoms with van der Waals surface area (Å²) in [6.45, 7) is 2.65. The Bertz CT molecular complexity index is 867. The molecule has 0 spiro atoms. The number of hydrogen-bond acceptors (Lipinski definition) is 6. The van der Waals surface area contributed by atoms with E-state index in [1.165, 1.54) is 30.7 Å². The molecule has 2 fully saturated rings. The number of rotatable bonds is 4. The molecule has 0 bridgehead atoms. The first-order chi connectivity index (χ1) is 13.9. The lowest BCUT2D eigenvalue weighted by Gasteiger charge is -2.22. The maximum Gasteiger partial charge on any atom is 0.409 e. The van der Waals surface area contributed by atoms with Gasteiger partial charge in [0.05, 0.1) is 14.2 Å². The number of benzene rings is 1. The minimum atomic E-state index is -3.73. The molecule has 29 heavy (non-hydrogen) atoms. The first kappa shape index (κ1) is 21.4. The van der Waals surface area contributed by atoms with Crippen molar-refractivity contribution in [1.82, 2.24) is 14.1 Å². The molecule has 0 atom stereocenters. The molecule has 2 aliphatic heterocycles. The fraction of sp³-hybridized carbons (Fsp3) is 0.579. The van der Waals surface area contributed by atoms with Crippen molar-refractivity contribution in [3.8, 4) is 5.75 Å². The predicted molar refractivity (Wildman–Crippen MR) is 105 cm³/mol. The van der Waals surface area contributed by atoms with Gasteiger partial charge >= 0.3 is 6.09 Å². The Labute approximate surface area is 171 Å². The van der Waals surface area contributed by atoms with Crippen molar-refractivity contribution in [2.24, 2.45) is 0 Å². The Balaban J connectivity index is 1.83. The van der Waals surface area contributed by atoms with Crippen LogP contribution in [0.15, 0.2) is 23.1 Å². The Morgan fingerprint density at radius 2 is 1.55 bits per heavy atom. The normalized spacial score (nSPS) is 18.4. The van der Waals surface area contributed by atoms with Crippen LogP contribution in [0.3, 0.4) is 0 Å². The molecule has 2 amide bonds. The average molecular weight is 426 g/mol.